The topological polar surface area (TPSA) is 68.4 Å². The molecule has 0 amide bonds. The molecular weight excluding hydrogens is 244 g/mol. The van der Waals surface area contributed by atoms with Crippen molar-refractivity contribution < 1.29 is 14.4 Å². The van der Waals surface area contributed by atoms with E-state index in [2.05, 4.69) is 10.1 Å². The first kappa shape index (κ1) is 13.5. The maximum atomic E-state index is 9.92. The molecule has 5 heteroatoms. The van der Waals surface area contributed by atoms with Crippen molar-refractivity contribution in [3.8, 4) is 5.75 Å². The smallest absolute Gasteiger partial charge is 0.264 e. The number of ether oxygens (including phenoxy) is 1. The zero-order chi connectivity index (χ0) is 13.7. The number of hydrogen-bond acceptors (Lipinski definition) is 5. The van der Waals surface area contributed by atoms with E-state index in [0.29, 0.717) is 23.9 Å². The second-order valence-corrected chi connectivity index (χ2v) is 4.21. The number of aliphatic hydroxyl groups is 1. The van der Waals surface area contributed by atoms with Gasteiger partial charge in [-0.2, -0.15) is 4.98 Å². The van der Waals surface area contributed by atoms with Gasteiger partial charge in [-0.3, -0.25) is 0 Å². The van der Waals surface area contributed by atoms with Gasteiger partial charge in [-0.05, 0) is 12.5 Å². The standard InChI is InChI=1S/C14H18N2O3/c1-3-11(17)10-7-5-6-8-12(10)18-9-14-15-13(4-2)16-19-14/h5-8,11,17H,3-4,9H2,1-2H3. The third kappa shape index (κ3) is 3.32. The highest BCUT2D eigenvalue weighted by molar-refractivity contribution is 5.35. The van der Waals surface area contributed by atoms with Crippen molar-refractivity contribution in [3.05, 3.63) is 41.5 Å². The minimum Gasteiger partial charge on any atom is -0.483 e. The first-order valence-electron chi connectivity index (χ1n) is 6.45. The summed E-state index contributed by atoms with van der Waals surface area (Å²) in [7, 11) is 0. The molecule has 1 N–H and O–H groups in total. The van der Waals surface area contributed by atoms with Gasteiger partial charge in [0.15, 0.2) is 12.4 Å². The van der Waals surface area contributed by atoms with Gasteiger partial charge in [-0.15, -0.1) is 0 Å². The molecular formula is C14H18N2O3. The minimum absolute atomic E-state index is 0.209. The molecule has 0 saturated carbocycles. The molecule has 0 saturated heterocycles. The average molecular weight is 262 g/mol. The molecule has 1 aromatic carbocycles. The fourth-order valence-corrected chi connectivity index (χ4v) is 1.74. The van der Waals surface area contributed by atoms with Crippen LogP contribution in [0.15, 0.2) is 28.8 Å². The van der Waals surface area contributed by atoms with Crippen molar-refractivity contribution in [2.75, 3.05) is 0 Å². The Hall–Kier alpha value is -1.88. The van der Waals surface area contributed by atoms with Gasteiger partial charge in [0.1, 0.15) is 5.75 Å². The summed E-state index contributed by atoms with van der Waals surface area (Å²) < 4.78 is 10.7. The molecule has 0 aliphatic heterocycles. The summed E-state index contributed by atoms with van der Waals surface area (Å²) in [6.45, 7) is 4.09. The Morgan fingerprint density at radius 1 is 1.32 bits per heavy atom. The van der Waals surface area contributed by atoms with E-state index < -0.39 is 6.10 Å². The van der Waals surface area contributed by atoms with Gasteiger partial charge in [0, 0.05) is 12.0 Å². The zero-order valence-corrected chi connectivity index (χ0v) is 11.2. The quantitative estimate of drug-likeness (QED) is 0.866. The monoisotopic (exact) mass is 262 g/mol. The van der Waals surface area contributed by atoms with Crippen LogP contribution in [0.2, 0.25) is 0 Å². The maximum Gasteiger partial charge on any atom is 0.264 e. The first-order valence-corrected chi connectivity index (χ1v) is 6.45. The van der Waals surface area contributed by atoms with Crippen LogP contribution < -0.4 is 4.74 Å². The SMILES string of the molecule is CCc1noc(COc2ccccc2C(O)CC)n1. The molecule has 1 heterocycles. The molecule has 0 radical (unpaired) electrons. The number of para-hydroxylation sites is 1. The molecule has 0 spiro atoms. The predicted octanol–water partition coefficient (Wildman–Crippen LogP) is 2.65. The number of rotatable bonds is 6. The Kier molecular flexibility index (Phi) is 4.52. The van der Waals surface area contributed by atoms with Crippen LogP contribution in [0.3, 0.4) is 0 Å². The highest BCUT2D eigenvalue weighted by Gasteiger charge is 2.12. The van der Waals surface area contributed by atoms with Crippen molar-refractivity contribution in [1.82, 2.24) is 10.1 Å². The molecule has 0 bridgehead atoms. The van der Waals surface area contributed by atoms with Gasteiger partial charge < -0.3 is 14.4 Å². The third-order valence-corrected chi connectivity index (χ3v) is 2.84. The van der Waals surface area contributed by atoms with E-state index in [1.54, 1.807) is 0 Å². The van der Waals surface area contributed by atoms with E-state index >= 15 is 0 Å². The van der Waals surface area contributed by atoms with Crippen molar-refractivity contribution in [2.24, 2.45) is 0 Å². The molecule has 2 aromatic rings. The number of aliphatic hydroxyl groups excluding tert-OH is 1. The van der Waals surface area contributed by atoms with E-state index in [9.17, 15) is 5.11 Å². The summed E-state index contributed by atoms with van der Waals surface area (Å²) in [5, 5.41) is 13.7. The van der Waals surface area contributed by atoms with Crippen molar-refractivity contribution >= 4 is 0 Å². The number of aryl methyl sites for hydroxylation is 1. The number of hydrogen-bond donors (Lipinski definition) is 1. The van der Waals surface area contributed by atoms with Crippen LogP contribution >= 0.6 is 0 Å². The molecule has 5 nitrogen and oxygen atoms in total. The lowest BCUT2D eigenvalue weighted by Crippen LogP contribution is -2.02. The van der Waals surface area contributed by atoms with Crippen molar-refractivity contribution in [1.29, 1.82) is 0 Å². The van der Waals surface area contributed by atoms with Crippen molar-refractivity contribution in [3.63, 3.8) is 0 Å². The van der Waals surface area contributed by atoms with Gasteiger partial charge in [-0.1, -0.05) is 37.2 Å². The lowest BCUT2D eigenvalue weighted by atomic mass is 10.1. The van der Waals surface area contributed by atoms with Crippen molar-refractivity contribution in [2.45, 2.75) is 39.4 Å². The summed E-state index contributed by atoms with van der Waals surface area (Å²) in [5.41, 5.74) is 0.778. The summed E-state index contributed by atoms with van der Waals surface area (Å²) in [6.07, 6.45) is 0.848. The van der Waals surface area contributed by atoms with Crippen LogP contribution in [0.25, 0.3) is 0 Å². The van der Waals surface area contributed by atoms with Crippen LogP contribution in [-0.2, 0) is 13.0 Å². The van der Waals surface area contributed by atoms with Crippen LogP contribution in [0.5, 0.6) is 5.75 Å². The Bertz CT molecular complexity index is 525. The van der Waals surface area contributed by atoms with Crippen LogP contribution in [0.1, 0.15) is 43.7 Å². The summed E-state index contributed by atoms with van der Waals surface area (Å²) in [4.78, 5) is 4.17. The molecule has 19 heavy (non-hydrogen) atoms. The fourth-order valence-electron chi connectivity index (χ4n) is 1.74. The van der Waals surface area contributed by atoms with E-state index in [-0.39, 0.29) is 6.61 Å². The van der Waals surface area contributed by atoms with E-state index in [1.165, 1.54) is 0 Å². The van der Waals surface area contributed by atoms with Gasteiger partial charge in [0.2, 0.25) is 0 Å². The summed E-state index contributed by atoms with van der Waals surface area (Å²) in [6, 6.07) is 7.43. The number of aromatic nitrogens is 2. The molecule has 0 fully saturated rings. The van der Waals surface area contributed by atoms with E-state index in [1.807, 2.05) is 38.1 Å². The Morgan fingerprint density at radius 3 is 2.79 bits per heavy atom. The third-order valence-electron chi connectivity index (χ3n) is 2.84. The first-order chi connectivity index (χ1) is 9.24. The van der Waals surface area contributed by atoms with Gasteiger partial charge in [0.05, 0.1) is 6.10 Å². The summed E-state index contributed by atoms with van der Waals surface area (Å²) >= 11 is 0. The fraction of sp³-hybridized carbons (Fsp3) is 0.429. The van der Waals surface area contributed by atoms with Crippen LogP contribution in [0.4, 0.5) is 0 Å². The molecule has 1 aromatic heterocycles. The van der Waals surface area contributed by atoms with Crippen LogP contribution in [-0.4, -0.2) is 15.2 Å². The maximum absolute atomic E-state index is 9.92. The van der Waals surface area contributed by atoms with E-state index in [4.69, 9.17) is 9.26 Å². The lowest BCUT2D eigenvalue weighted by Gasteiger charge is -2.13. The Morgan fingerprint density at radius 2 is 2.11 bits per heavy atom. The second-order valence-electron chi connectivity index (χ2n) is 4.21. The largest absolute Gasteiger partial charge is 0.483 e. The Balaban J connectivity index is 2.06. The number of nitrogens with zero attached hydrogens (tertiary/aromatic N) is 2. The highest BCUT2D eigenvalue weighted by Crippen LogP contribution is 2.27. The molecule has 1 unspecified atom stereocenters. The molecule has 0 aliphatic carbocycles. The molecule has 1 atom stereocenters. The predicted molar refractivity (Wildman–Crippen MR) is 69.7 cm³/mol. The summed E-state index contributed by atoms with van der Waals surface area (Å²) in [5.74, 6) is 1.76. The average Bonchev–Trinajstić information content (AvgIpc) is 2.92. The minimum atomic E-state index is -0.523. The van der Waals surface area contributed by atoms with Crippen LogP contribution in [0, 0.1) is 0 Å². The number of benzene rings is 1. The van der Waals surface area contributed by atoms with E-state index in [0.717, 1.165) is 12.0 Å². The molecule has 102 valence electrons. The highest BCUT2D eigenvalue weighted by atomic mass is 16.5. The van der Waals surface area contributed by atoms with Gasteiger partial charge >= 0.3 is 0 Å². The molecule has 2 rings (SSSR count). The van der Waals surface area contributed by atoms with Gasteiger partial charge in [-0.25, -0.2) is 0 Å². The van der Waals surface area contributed by atoms with Gasteiger partial charge in [0.25, 0.3) is 5.89 Å². The lowest BCUT2D eigenvalue weighted by molar-refractivity contribution is 0.163. The normalized spacial score (nSPS) is 12.4. The Labute approximate surface area is 112 Å². The second kappa shape index (κ2) is 6.33. The molecule has 0 aliphatic rings. The zero-order valence-electron chi connectivity index (χ0n) is 11.2.